The van der Waals surface area contributed by atoms with Crippen molar-refractivity contribution in [3.05, 3.63) is 88.7 Å². The number of fused-ring (bicyclic) bond motifs is 1. The number of benzene rings is 3. The number of carbonyl (C=O) groups excluding carboxylic acids is 1. The second-order valence-corrected chi connectivity index (χ2v) is 9.58. The SMILES string of the molecule is Cc1cc(CC(C)(C)NC(O)Cc2cc(OCc3ccccc3)cc3c2OCC(=O)N3)ccc1F. The van der Waals surface area contributed by atoms with Gasteiger partial charge in [-0.3, -0.25) is 10.1 Å². The Morgan fingerprint density at radius 3 is 2.66 bits per heavy atom. The van der Waals surface area contributed by atoms with E-state index in [2.05, 4.69) is 10.6 Å². The Bertz CT molecular complexity index is 1200. The summed E-state index contributed by atoms with van der Waals surface area (Å²) in [6, 6.07) is 18.4. The average molecular weight is 479 g/mol. The van der Waals surface area contributed by atoms with Crippen LogP contribution in [-0.4, -0.2) is 29.4 Å². The van der Waals surface area contributed by atoms with E-state index in [4.69, 9.17) is 9.47 Å². The molecule has 3 aromatic rings. The minimum Gasteiger partial charge on any atom is -0.489 e. The van der Waals surface area contributed by atoms with Crippen molar-refractivity contribution >= 4 is 11.6 Å². The maximum absolute atomic E-state index is 13.6. The standard InChI is InChI=1S/C28H31FN2O4/c1-18-11-20(9-10-23(18)29)15-28(2,3)31-25(32)13-21-12-22(34-16-19-7-5-4-6-8-19)14-24-27(21)35-17-26(33)30-24/h4-12,14,25,31-32H,13,15-17H2,1-3H3,(H,30,33). The van der Waals surface area contributed by atoms with Crippen molar-refractivity contribution in [3.8, 4) is 11.5 Å². The number of nitrogens with one attached hydrogen (secondary N) is 2. The number of aryl methyl sites for hydroxylation is 1. The topological polar surface area (TPSA) is 79.8 Å². The quantitative estimate of drug-likeness (QED) is 0.394. The number of aliphatic hydroxyl groups is 1. The molecule has 1 atom stereocenters. The summed E-state index contributed by atoms with van der Waals surface area (Å²) >= 11 is 0. The average Bonchev–Trinajstić information content (AvgIpc) is 2.80. The van der Waals surface area contributed by atoms with E-state index in [1.165, 1.54) is 6.07 Å². The van der Waals surface area contributed by atoms with Gasteiger partial charge >= 0.3 is 0 Å². The van der Waals surface area contributed by atoms with E-state index in [1.807, 2.05) is 56.3 Å². The smallest absolute Gasteiger partial charge is 0.262 e. The fraction of sp³-hybridized carbons (Fsp3) is 0.321. The van der Waals surface area contributed by atoms with E-state index < -0.39 is 11.8 Å². The van der Waals surface area contributed by atoms with Crippen LogP contribution in [0.5, 0.6) is 11.5 Å². The zero-order valence-corrected chi connectivity index (χ0v) is 20.2. The Morgan fingerprint density at radius 1 is 1.14 bits per heavy atom. The first-order valence-corrected chi connectivity index (χ1v) is 11.7. The van der Waals surface area contributed by atoms with E-state index in [-0.39, 0.29) is 24.8 Å². The van der Waals surface area contributed by atoms with Crippen LogP contribution in [0, 0.1) is 12.7 Å². The van der Waals surface area contributed by atoms with Gasteiger partial charge < -0.3 is 19.9 Å². The molecule has 0 saturated carbocycles. The van der Waals surface area contributed by atoms with Gasteiger partial charge in [0.25, 0.3) is 5.91 Å². The molecule has 0 saturated heterocycles. The molecular weight excluding hydrogens is 447 g/mol. The molecule has 0 bridgehead atoms. The summed E-state index contributed by atoms with van der Waals surface area (Å²) in [5.41, 5.74) is 3.38. The van der Waals surface area contributed by atoms with Crippen molar-refractivity contribution in [1.29, 1.82) is 0 Å². The van der Waals surface area contributed by atoms with E-state index >= 15 is 0 Å². The fourth-order valence-electron chi connectivity index (χ4n) is 4.31. The van der Waals surface area contributed by atoms with Crippen LogP contribution >= 0.6 is 0 Å². The van der Waals surface area contributed by atoms with Crippen molar-refractivity contribution < 1.29 is 23.8 Å². The molecule has 0 aromatic heterocycles. The van der Waals surface area contributed by atoms with Crippen molar-refractivity contribution in [2.24, 2.45) is 0 Å². The van der Waals surface area contributed by atoms with Gasteiger partial charge in [-0.2, -0.15) is 0 Å². The third kappa shape index (κ3) is 6.59. The van der Waals surface area contributed by atoms with Gasteiger partial charge in [0.05, 0.1) is 5.69 Å². The van der Waals surface area contributed by atoms with Crippen molar-refractivity contribution in [2.45, 2.75) is 52.0 Å². The molecule has 0 fully saturated rings. The van der Waals surface area contributed by atoms with E-state index in [0.29, 0.717) is 35.8 Å². The monoisotopic (exact) mass is 478 g/mol. The first-order chi connectivity index (χ1) is 16.7. The zero-order valence-electron chi connectivity index (χ0n) is 20.2. The number of carbonyl (C=O) groups is 1. The van der Waals surface area contributed by atoms with Crippen LogP contribution in [0.4, 0.5) is 10.1 Å². The fourth-order valence-corrected chi connectivity index (χ4v) is 4.31. The van der Waals surface area contributed by atoms with Crippen molar-refractivity contribution in [2.75, 3.05) is 11.9 Å². The summed E-state index contributed by atoms with van der Waals surface area (Å²) in [7, 11) is 0. The normalized spacial score (nSPS) is 14.0. The lowest BCUT2D eigenvalue weighted by Crippen LogP contribution is -2.48. The molecule has 0 spiro atoms. The molecular formula is C28H31FN2O4. The molecule has 3 aromatic carbocycles. The highest BCUT2D eigenvalue weighted by atomic mass is 19.1. The second kappa shape index (κ2) is 10.5. The Labute approximate surface area is 205 Å². The molecule has 1 unspecified atom stereocenters. The largest absolute Gasteiger partial charge is 0.489 e. The highest BCUT2D eigenvalue weighted by Crippen LogP contribution is 2.37. The van der Waals surface area contributed by atoms with Gasteiger partial charge in [-0.05, 0) is 56.0 Å². The molecule has 7 heteroatoms. The number of halogens is 1. The molecule has 0 aliphatic carbocycles. The zero-order chi connectivity index (χ0) is 25.0. The molecule has 6 nitrogen and oxygen atoms in total. The Balaban J connectivity index is 1.48. The molecule has 35 heavy (non-hydrogen) atoms. The van der Waals surface area contributed by atoms with Crippen LogP contribution in [-0.2, 0) is 24.2 Å². The van der Waals surface area contributed by atoms with Gasteiger partial charge in [0.1, 0.15) is 30.2 Å². The summed E-state index contributed by atoms with van der Waals surface area (Å²) in [6.07, 6.45) is -0.0378. The predicted octanol–water partition coefficient (Wildman–Crippen LogP) is 4.52. The Kier molecular flexibility index (Phi) is 7.38. The van der Waals surface area contributed by atoms with E-state index in [9.17, 15) is 14.3 Å². The minimum atomic E-state index is -0.888. The summed E-state index contributed by atoms with van der Waals surface area (Å²) < 4.78 is 25.3. The first-order valence-electron chi connectivity index (χ1n) is 11.7. The molecule has 4 rings (SSSR count). The van der Waals surface area contributed by atoms with Crippen molar-refractivity contribution in [1.82, 2.24) is 5.32 Å². The highest BCUT2D eigenvalue weighted by Gasteiger charge is 2.26. The molecule has 0 radical (unpaired) electrons. The Morgan fingerprint density at radius 2 is 1.91 bits per heavy atom. The van der Waals surface area contributed by atoms with Gasteiger partial charge in [0, 0.05) is 23.6 Å². The van der Waals surface area contributed by atoms with Crippen LogP contribution in [0.25, 0.3) is 0 Å². The lowest BCUT2D eigenvalue weighted by Gasteiger charge is -2.31. The van der Waals surface area contributed by atoms with Crippen LogP contribution < -0.4 is 20.1 Å². The third-order valence-corrected chi connectivity index (χ3v) is 5.85. The van der Waals surface area contributed by atoms with E-state index in [0.717, 1.165) is 16.7 Å². The number of rotatable bonds is 9. The van der Waals surface area contributed by atoms with Crippen LogP contribution in [0.15, 0.2) is 60.7 Å². The number of hydrogen-bond donors (Lipinski definition) is 3. The maximum atomic E-state index is 13.6. The first kappa shape index (κ1) is 24.7. The predicted molar refractivity (Wildman–Crippen MR) is 133 cm³/mol. The summed E-state index contributed by atoms with van der Waals surface area (Å²) in [5, 5.41) is 17.0. The molecule has 1 aliphatic rings. The molecule has 1 amide bonds. The number of aliphatic hydroxyl groups excluding tert-OH is 1. The molecule has 1 aliphatic heterocycles. The van der Waals surface area contributed by atoms with Crippen LogP contribution in [0.3, 0.4) is 0 Å². The highest BCUT2D eigenvalue weighted by molar-refractivity contribution is 5.96. The van der Waals surface area contributed by atoms with Crippen LogP contribution in [0.1, 0.15) is 36.1 Å². The molecule has 184 valence electrons. The number of anilines is 1. The maximum Gasteiger partial charge on any atom is 0.262 e. The molecule has 1 heterocycles. The third-order valence-electron chi connectivity index (χ3n) is 5.85. The number of amides is 1. The number of hydrogen-bond acceptors (Lipinski definition) is 5. The van der Waals surface area contributed by atoms with Crippen LogP contribution in [0.2, 0.25) is 0 Å². The van der Waals surface area contributed by atoms with Gasteiger partial charge in [-0.15, -0.1) is 0 Å². The van der Waals surface area contributed by atoms with Crippen molar-refractivity contribution in [3.63, 3.8) is 0 Å². The van der Waals surface area contributed by atoms with Gasteiger partial charge in [0.2, 0.25) is 0 Å². The minimum absolute atomic E-state index is 0.0802. The number of ether oxygens (including phenoxy) is 2. The second-order valence-electron chi connectivity index (χ2n) is 9.58. The van der Waals surface area contributed by atoms with Gasteiger partial charge in [0.15, 0.2) is 6.61 Å². The molecule has 3 N–H and O–H groups in total. The van der Waals surface area contributed by atoms with Gasteiger partial charge in [-0.25, -0.2) is 4.39 Å². The van der Waals surface area contributed by atoms with E-state index in [1.54, 1.807) is 19.1 Å². The van der Waals surface area contributed by atoms with Gasteiger partial charge in [-0.1, -0.05) is 42.5 Å². The lowest BCUT2D eigenvalue weighted by molar-refractivity contribution is -0.118. The summed E-state index contributed by atoms with van der Waals surface area (Å²) in [5.74, 6) is 0.634. The lowest BCUT2D eigenvalue weighted by atomic mass is 9.93. The summed E-state index contributed by atoms with van der Waals surface area (Å²) in [6.45, 7) is 6.01. The summed E-state index contributed by atoms with van der Waals surface area (Å²) in [4.78, 5) is 11.9. The Hall–Kier alpha value is -3.42.